The first-order valence-electron chi connectivity index (χ1n) is 3.75. The predicted octanol–water partition coefficient (Wildman–Crippen LogP) is 3.02. The second kappa shape index (κ2) is 4.31. The number of allylic oxidation sites excluding steroid dienone is 1. The highest BCUT2D eigenvalue weighted by Crippen LogP contribution is 2.21. The van der Waals surface area contributed by atoms with Gasteiger partial charge < -0.3 is 5.11 Å². The van der Waals surface area contributed by atoms with Gasteiger partial charge in [0, 0.05) is 10.9 Å². The predicted molar refractivity (Wildman–Crippen MR) is 54.6 cm³/mol. The maximum atomic E-state index is 9.35. The zero-order chi connectivity index (χ0) is 8.97. The number of benzene rings is 1. The SMILES string of the molecule is C=CCc1ccc(O)c(CBr)c1. The Labute approximate surface area is 80.9 Å². The van der Waals surface area contributed by atoms with Gasteiger partial charge in [-0.2, -0.15) is 0 Å². The molecule has 0 amide bonds. The Hall–Kier alpha value is -0.760. The summed E-state index contributed by atoms with van der Waals surface area (Å²) in [5, 5.41) is 10.0. The summed E-state index contributed by atoms with van der Waals surface area (Å²) in [6.45, 7) is 3.66. The summed E-state index contributed by atoms with van der Waals surface area (Å²) in [5.41, 5.74) is 2.10. The monoisotopic (exact) mass is 226 g/mol. The summed E-state index contributed by atoms with van der Waals surface area (Å²) in [6.07, 6.45) is 2.70. The van der Waals surface area contributed by atoms with Crippen LogP contribution in [0.3, 0.4) is 0 Å². The Kier molecular flexibility index (Phi) is 3.35. The van der Waals surface area contributed by atoms with Crippen LogP contribution in [0.15, 0.2) is 30.9 Å². The smallest absolute Gasteiger partial charge is 0.119 e. The minimum absolute atomic E-state index is 0.347. The van der Waals surface area contributed by atoms with Crippen molar-refractivity contribution in [3.05, 3.63) is 42.0 Å². The average molecular weight is 227 g/mol. The van der Waals surface area contributed by atoms with Crippen molar-refractivity contribution in [2.24, 2.45) is 0 Å². The number of hydrogen-bond acceptors (Lipinski definition) is 1. The van der Waals surface area contributed by atoms with Crippen LogP contribution in [-0.2, 0) is 11.8 Å². The fraction of sp³-hybridized carbons (Fsp3) is 0.200. The lowest BCUT2D eigenvalue weighted by molar-refractivity contribution is 0.470. The Morgan fingerprint density at radius 3 is 2.83 bits per heavy atom. The lowest BCUT2D eigenvalue weighted by atomic mass is 10.1. The Bertz CT molecular complexity index is 281. The second-order valence-corrected chi connectivity index (χ2v) is 3.15. The van der Waals surface area contributed by atoms with Crippen molar-refractivity contribution in [3.63, 3.8) is 0 Å². The zero-order valence-electron chi connectivity index (χ0n) is 6.76. The first kappa shape index (κ1) is 9.33. The van der Waals surface area contributed by atoms with Crippen molar-refractivity contribution < 1.29 is 5.11 Å². The van der Waals surface area contributed by atoms with Crippen molar-refractivity contribution in [2.75, 3.05) is 0 Å². The molecular formula is C10H11BrO. The molecule has 0 aliphatic heterocycles. The first-order valence-corrected chi connectivity index (χ1v) is 4.87. The van der Waals surface area contributed by atoms with E-state index >= 15 is 0 Å². The van der Waals surface area contributed by atoms with Crippen molar-refractivity contribution >= 4 is 15.9 Å². The molecule has 0 aliphatic rings. The molecular weight excluding hydrogens is 216 g/mol. The van der Waals surface area contributed by atoms with Gasteiger partial charge in [-0.1, -0.05) is 34.1 Å². The molecule has 1 nitrogen and oxygen atoms in total. The summed E-state index contributed by atoms with van der Waals surface area (Å²) in [5.74, 6) is 0.347. The van der Waals surface area contributed by atoms with E-state index in [-0.39, 0.29) is 0 Å². The lowest BCUT2D eigenvalue weighted by Gasteiger charge is -2.02. The van der Waals surface area contributed by atoms with Gasteiger partial charge in [0.25, 0.3) is 0 Å². The summed E-state index contributed by atoms with van der Waals surface area (Å²) in [6, 6.07) is 5.60. The van der Waals surface area contributed by atoms with Crippen LogP contribution in [0.25, 0.3) is 0 Å². The molecule has 0 radical (unpaired) electrons. The van der Waals surface area contributed by atoms with E-state index in [1.807, 2.05) is 18.2 Å². The van der Waals surface area contributed by atoms with Crippen LogP contribution in [0.2, 0.25) is 0 Å². The summed E-state index contributed by atoms with van der Waals surface area (Å²) in [4.78, 5) is 0. The third-order valence-electron chi connectivity index (χ3n) is 1.67. The molecule has 0 saturated heterocycles. The maximum Gasteiger partial charge on any atom is 0.119 e. The van der Waals surface area contributed by atoms with Crippen molar-refractivity contribution in [1.82, 2.24) is 0 Å². The van der Waals surface area contributed by atoms with E-state index in [0.29, 0.717) is 11.1 Å². The van der Waals surface area contributed by atoms with Crippen molar-refractivity contribution in [1.29, 1.82) is 0 Å². The molecule has 0 aliphatic carbocycles. The molecule has 12 heavy (non-hydrogen) atoms. The van der Waals surface area contributed by atoms with Crippen LogP contribution in [0.1, 0.15) is 11.1 Å². The fourth-order valence-corrected chi connectivity index (χ4v) is 1.49. The summed E-state index contributed by atoms with van der Waals surface area (Å²) < 4.78 is 0. The number of hydrogen-bond donors (Lipinski definition) is 1. The van der Waals surface area contributed by atoms with Gasteiger partial charge in [-0.3, -0.25) is 0 Å². The Morgan fingerprint density at radius 2 is 2.25 bits per heavy atom. The largest absolute Gasteiger partial charge is 0.508 e. The van der Waals surface area contributed by atoms with Crippen LogP contribution in [-0.4, -0.2) is 5.11 Å². The van der Waals surface area contributed by atoms with Gasteiger partial charge >= 0.3 is 0 Å². The quantitative estimate of drug-likeness (QED) is 0.621. The van der Waals surface area contributed by atoms with Gasteiger partial charge in [-0.05, 0) is 18.1 Å². The van der Waals surface area contributed by atoms with Gasteiger partial charge in [0.1, 0.15) is 5.75 Å². The molecule has 0 fully saturated rings. The zero-order valence-corrected chi connectivity index (χ0v) is 8.34. The van der Waals surface area contributed by atoms with Gasteiger partial charge in [0.2, 0.25) is 0 Å². The number of phenolic OH excluding ortho intramolecular Hbond substituents is 1. The van der Waals surface area contributed by atoms with Crippen LogP contribution < -0.4 is 0 Å². The third kappa shape index (κ3) is 2.11. The molecule has 0 atom stereocenters. The Morgan fingerprint density at radius 1 is 1.50 bits per heavy atom. The maximum absolute atomic E-state index is 9.35. The number of alkyl halides is 1. The molecule has 1 aromatic carbocycles. The van der Waals surface area contributed by atoms with E-state index in [2.05, 4.69) is 22.5 Å². The molecule has 0 saturated carbocycles. The standard InChI is InChI=1S/C10H11BrO/c1-2-3-8-4-5-10(12)9(6-8)7-11/h2,4-6,12H,1,3,7H2. The van der Waals surface area contributed by atoms with E-state index in [9.17, 15) is 5.11 Å². The minimum atomic E-state index is 0.347. The third-order valence-corrected chi connectivity index (χ3v) is 2.27. The highest BCUT2D eigenvalue weighted by atomic mass is 79.9. The van der Waals surface area contributed by atoms with Crippen LogP contribution in [0, 0.1) is 0 Å². The molecule has 0 unspecified atom stereocenters. The van der Waals surface area contributed by atoms with Crippen molar-refractivity contribution in [3.8, 4) is 5.75 Å². The molecule has 2 heteroatoms. The van der Waals surface area contributed by atoms with E-state index in [1.54, 1.807) is 6.07 Å². The minimum Gasteiger partial charge on any atom is -0.508 e. The van der Waals surface area contributed by atoms with E-state index < -0.39 is 0 Å². The van der Waals surface area contributed by atoms with Gasteiger partial charge in [-0.25, -0.2) is 0 Å². The number of rotatable bonds is 3. The van der Waals surface area contributed by atoms with Gasteiger partial charge in [-0.15, -0.1) is 6.58 Å². The van der Waals surface area contributed by atoms with Crippen LogP contribution in [0.4, 0.5) is 0 Å². The van der Waals surface area contributed by atoms with Crippen LogP contribution in [0.5, 0.6) is 5.75 Å². The van der Waals surface area contributed by atoms with E-state index in [0.717, 1.165) is 12.0 Å². The van der Waals surface area contributed by atoms with Gasteiger partial charge in [0.05, 0.1) is 0 Å². The van der Waals surface area contributed by atoms with E-state index in [4.69, 9.17) is 0 Å². The molecule has 0 spiro atoms. The Balaban J connectivity index is 2.96. The number of aromatic hydroxyl groups is 1. The molecule has 1 rings (SSSR count). The fourth-order valence-electron chi connectivity index (χ4n) is 1.04. The average Bonchev–Trinajstić information content (AvgIpc) is 2.09. The van der Waals surface area contributed by atoms with E-state index in [1.165, 1.54) is 5.56 Å². The highest BCUT2D eigenvalue weighted by Gasteiger charge is 1.99. The normalized spacial score (nSPS) is 9.75. The van der Waals surface area contributed by atoms with Crippen molar-refractivity contribution in [2.45, 2.75) is 11.8 Å². The molecule has 0 heterocycles. The molecule has 1 N–H and O–H groups in total. The number of phenols is 1. The first-order chi connectivity index (χ1) is 5.77. The molecule has 64 valence electrons. The second-order valence-electron chi connectivity index (χ2n) is 2.59. The van der Waals surface area contributed by atoms with Gasteiger partial charge in [0.15, 0.2) is 0 Å². The molecule has 0 bridgehead atoms. The summed E-state index contributed by atoms with van der Waals surface area (Å²) >= 11 is 3.31. The number of halogens is 1. The lowest BCUT2D eigenvalue weighted by Crippen LogP contribution is -1.84. The van der Waals surface area contributed by atoms with Crippen LogP contribution >= 0.6 is 15.9 Å². The topological polar surface area (TPSA) is 20.2 Å². The molecule has 1 aromatic rings. The summed E-state index contributed by atoms with van der Waals surface area (Å²) in [7, 11) is 0. The highest BCUT2D eigenvalue weighted by molar-refractivity contribution is 9.08. The molecule has 0 aromatic heterocycles.